The third kappa shape index (κ3) is 3.54. The van der Waals surface area contributed by atoms with Gasteiger partial charge in [-0.3, -0.25) is 4.79 Å². The molecule has 1 aromatic carbocycles. The zero-order valence-electron chi connectivity index (χ0n) is 11.4. The summed E-state index contributed by atoms with van der Waals surface area (Å²) < 4.78 is 5.81. The normalized spacial score (nSPS) is 14.6. The zero-order chi connectivity index (χ0) is 14.5. The molecule has 0 spiro atoms. The molecule has 108 valence electrons. The van der Waals surface area contributed by atoms with Crippen LogP contribution in [0.2, 0.25) is 0 Å². The number of phenols is 1. The fraction of sp³-hybridized carbons (Fsp3) is 0.400. The number of carbonyl (C=O) groups excluding carboxylic acids is 1. The van der Waals surface area contributed by atoms with Gasteiger partial charge < -0.3 is 15.2 Å². The summed E-state index contributed by atoms with van der Waals surface area (Å²) in [5.74, 6) is 0.461. The highest BCUT2D eigenvalue weighted by Crippen LogP contribution is 2.32. The lowest BCUT2D eigenvalue weighted by Gasteiger charge is -2.14. The minimum atomic E-state index is -0.0105. The molecule has 5 heteroatoms. The maximum Gasteiger partial charge on any atom is 0.247 e. The summed E-state index contributed by atoms with van der Waals surface area (Å²) in [6.45, 7) is 0.396. The first-order valence-corrected chi connectivity index (χ1v) is 7.43. The molecule has 1 amide bonds. The predicted molar refractivity (Wildman–Crippen MR) is 80.8 cm³/mol. The Morgan fingerprint density at radius 3 is 2.90 bits per heavy atom. The average molecular weight is 340 g/mol. The largest absolute Gasteiger partial charge is 0.504 e. The lowest BCUT2D eigenvalue weighted by atomic mass is 9.99. The van der Waals surface area contributed by atoms with E-state index in [2.05, 4.69) is 21.2 Å². The first-order chi connectivity index (χ1) is 9.61. The summed E-state index contributed by atoms with van der Waals surface area (Å²) in [6, 6.07) is 3.29. The number of carbonyl (C=O) groups is 1. The highest BCUT2D eigenvalue weighted by molar-refractivity contribution is 9.10. The molecule has 0 saturated carbocycles. The molecule has 20 heavy (non-hydrogen) atoms. The second-order valence-electron chi connectivity index (χ2n) is 4.77. The fourth-order valence-corrected chi connectivity index (χ4v) is 2.69. The molecule has 0 radical (unpaired) electrons. The molecule has 2 N–H and O–H groups in total. The maximum atomic E-state index is 12.0. The van der Waals surface area contributed by atoms with Gasteiger partial charge in [0.25, 0.3) is 0 Å². The van der Waals surface area contributed by atoms with Crippen LogP contribution in [0.4, 0.5) is 0 Å². The molecule has 1 aliphatic rings. The second-order valence-corrected chi connectivity index (χ2v) is 5.63. The van der Waals surface area contributed by atoms with Gasteiger partial charge in [0.15, 0.2) is 11.5 Å². The van der Waals surface area contributed by atoms with Crippen LogP contribution in [-0.2, 0) is 11.3 Å². The Bertz CT molecular complexity index is 540. The number of amides is 1. The van der Waals surface area contributed by atoms with Gasteiger partial charge in [-0.2, -0.15) is 0 Å². The number of nitrogens with one attached hydrogen (secondary N) is 1. The number of phenolic OH excluding ortho intramolecular Hbond substituents is 1. The van der Waals surface area contributed by atoms with E-state index in [4.69, 9.17) is 4.74 Å². The molecule has 1 aliphatic carbocycles. The number of rotatable bonds is 4. The molecule has 0 atom stereocenters. The molecule has 0 fully saturated rings. The Morgan fingerprint density at radius 2 is 2.25 bits per heavy atom. The fourth-order valence-electron chi connectivity index (χ4n) is 2.22. The van der Waals surface area contributed by atoms with Crippen LogP contribution in [0.5, 0.6) is 11.5 Å². The summed E-state index contributed by atoms with van der Waals surface area (Å²) in [6.07, 6.45) is 6.10. The standard InChI is InChI=1S/C15H18BrNO3/c1-20-14-7-11(12(16)8-13(14)18)9-17-15(19)10-5-3-2-4-6-10/h5,7-8,18H,2-4,6,9H2,1H3,(H,17,19). The molecule has 2 rings (SSSR count). The molecular formula is C15H18BrNO3. The van der Waals surface area contributed by atoms with Crippen LogP contribution < -0.4 is 10.1 Å². The first kappa shape index (κ1) is 14.9. The third-order valence-corrected chi connectivity index (χ3v) is 4.11. The monoisotopic (exact) mass is 339 g/mol. The van der Waals surface area contributed by atoms with Crippen LogP contribution in [-0.4, -0.2) is 18.1 Å². The quantitative estimate of drug-likeness (QED) is 0.884. The van der Waals surface area contributed by atoms with Gasteiger partial charge in [-0.25, -0.2) is 0 Å². The van der Waals surface area contributed by atoms with Gasteiger partial charge in [-0.1, -0.05) is 22.0 Å². The van der Waals surface area contributed by atoms with E-state index in [0.717, 1.165) is 41.3 Å². The SMILES string of the molecule is COc1cc(CNC(=O)C2=CCCCC2)c(Br)cc1O. The van der Waals surface area contributed by atoms with Crippen molar-refractivity contribution >= 4 is 21.8 Å². The van der Waals surface area contributed by atoms with Crippen molar-refractivity contribution < 1.29 is 14.6 Å². The number of allylic oxidation sites excluding steroid dienone is 1. The third-order valence-electron chi connectivity index (χ3n) is 3.37. The van der Waals surface area contributed by atoms with E-state index in [-0.39, 0.29) is 11.7 Å². The van der Waals surface area contributed by atoms with Crippen molar-refractivity contribution in [1.82, 2.24) is 5.32 Å². The molecule has 0 saturated heterocycles. The van der Waals surface area contributed by atoms with Crippen molar-refractivity contribution in [3.8, 4) is 11.5 Å². The minimum Gasteiger partial charge on any atom is -0.504 e. The number of hydrogen-bond donors (Lipinski definition) is 2. The van der Waals surface area contributed by atoms with Gasteiger partial charge in [-0.15, -0.1) is 0 Å². The maximum absolute atomic E-state index is 12.0. The van der Waals surface area contributed by atoms with E-state index in [1.807, 2.05) is 6.08 Å². The molecule has 4 nitrogen and oxygen atoms in total. The molecule has 0 aromatic heterocycles. The van der Waals surface area contributed by atoms with Crippen molar-refractivity contribution in [3.63, 3.8) is 0 Å². The van der Waals surface area contributed by atoms with Gasteiger partial charge in [0.1, 0.15) is 0 Å². The van der Waals surface area contributed by atoms with Crippen LogP contribution in [0, 0.1) is 0 Å². The Morgan fingerprint density at radius 1 is 1.45 bits per heavy atom. The van der Waals surface area contributed by atoms with Crippen LogP contribution in [0.15, 0.2) is 28.3 Å². The number of benzene rings is 1. The second kappa shape index (κ2) is 6.79. The molecular weight excluding hydrogens is 322 g/mol. The summed E-state index contributed by atoms with van der Waals surface area (Å²) in [5, 5.41) is 12.6. The predicted octanol–water partition coefficient (Wildman–Crippen LogP) is 3.28. The number of hydrogen-bond acceptors (Lipinski definition) is 3. The molecule has 0 heterocycles. The van der Waals surface area contributed by atoms with Gasteiger partial charge in [0.05, 0.1) is 7.11 Å². The number of halogens is 1. The molecule has 1 aromatic rings. The van der Waals surface area contributed by atoms with Gasteiger partial charge in [-0.05, 0) is 43.4 Å². The summed E-state index contributed by atoms with van der Waals surface area (Å²) >= 11 is 3.38. The van der Waals surface area contributed by atoms with Crippen molar-refractivity contribution in [3.05, 3.63) is 33.8 Å². The van der Waals surface area contributed by atoms with Crippen molar-refractivity contribution in [2.45, 2.75) is 32.2 Å². The van der Waals surface area contributed by atoms with E-state index in [9.17, 15) is 9.90 Å². The van der Waals surface area contributed by atoms with E-state index in [1.54, 1.807) is 12.1 Å². The highest BCUT2D eigenvalue weighted by atomic mass is 79.9. The van der Waals surface area contributed by atoms with Crippen LogP contribution in [0.3, 0.4) is 0 Å². The Labute approximate surface area is 127 Å². The molecule has 0 bridgehead atoms. The molecule has 0 unspecified atom stereocenters. The van der Waals surface area contributed by atoms with Gasteiger partial charge in [0.2, 0.25) is 5.91 Å². The average Bonchev–Trinajstić information content (AvgIpc) is 2.47. The zero-order valence-corrected chi connectivity index (χ0v) is 13.0. The van der Waals surface area contributed by atoms with Crippen molar-refractivity contribution in [1.29, 1.82) is 0 Å². The summed E-state index contributed by atoms with van der Waals surface area (Å²) in [4.78, 5) is 12.0. The topological polar surface area (TPSA) is 58.6 Å². The Kier molecular flexibility index (Phi) is 5.06. The number of methoxy groups -OCH3 is 1. The minimum absolute atomic E-state index is 0.0105. The van der Waals surface area contributed by atoms with Crippen molar-refractivity contribution in [2.75, 3.05) is 7.11 Å². The summed E-state index contributed by atoms with van der Waals surface area (Å²) in [5.41, 5.74) is 1.74. The van der Waals surface area contributed by atoms with Crippen LogP contribution >= 0.6 is 15.9 Å². The van der Waals surface area contributed by atoms with Crippen LogP contribution in [0.25, 0.3) is 0 Å². The van der Waals surface area contributed by atoms with E-state index in [1.165, 1.54) is 7.11 Å². The van der Waals surface area contributed by atoms with E-state index >= 15 is 0 Å². The van der Waals surface area contributed by atoms with E-state index < -0.39 is 0 Å². The number of aromatic hydroxyl groups is 1. The van der Waals surface area contributed by atoms with Crippen LogP contribution in [0.1, 0.15) is 31.2 Å². The number of ether oxygens (including phenoxy) is 1. The van der Waals surface area contributed by atoms with Gasteiger partial charge in [0, 0.05) is 16.6 Å². The lowest BCUT2D eigenvalue weighted by molar-refractivity contribution is -0.117. The lowest BCUT2D eigenvalue weighted by Crippen LogP contribution is -2.25. The highest BCUT2D eigenvalue weighted by Gasteiger charge is 2.13. The van der Waals surface area contributed by atoms with E-state index in [0.29, 0.717) is 12.3 Å². The van der Waals surface area contributed by atoms with Gasteiger partial charge >= 0.3 is 0 Å². The molecule has 0 aliphatic heterocycles. The Balaban J connectivity index is 2.03. The summed E-state index contributed by atoms with van der Waals surface area (Å²) in [7, 11) is 1.50. The van der Waals surface area contributed by atoms with Crippen molar-refractivity contribution in [2.24, 2.45) is 0 Å². The Hall–Kier alpha value is -1.49. The smallest absolute Gasteiger partial charge is 0.247 e. The first-order valence-electron chi connectivity index (χ1n) is 6.64.